The Hall–Kier alpha value is -7.54. The first-order chi connectivity index (χ1) is 34.6. The summed E-state index contributed by atoms with van der Waals surface area (Å²) >= 11 is 1.91. The zero-order valence-electron chi connectivity index (χ0n) is 42.4. The van der Waals surface area contributed by atoms with E-state index >= 15 is 0 Å². The number of para-hydroxylation sites is 3. The van der Waals surface area contributed by atoms with Crippen LogP contribution in [0.5, 0.6) is 0 Å². The van der Waals surface area contributed by atoms with E-state index in [4.69, 9.17) is 0 Å². The van der Waals surface area contributed by atoms with Crippen molar-refractivity contribution in [3.63, 3.8) is 0 Å². The Labute approximate surface area is 425 Å². The van der Waals surface area contributed by atoms with E-state index in [0.29, 0.717) is 0 Å². The Bertz CT molecular complexity index is 4300. The van der Waals surface area contributed by atoms with E-state index in [2.05, 4.69) is 251 Å². The minimum atomic E-state index is -0.143. The molecule has 6 heterocycles. The molecule has 0 N–H and O–H groups in total. The third-order valence-corrected chi connectivity index (χ3v) is 17.7. The van der Waals surface area contributed by atoms with E-state index in [1.807, 2.05) is 11.3 Å². The first-order valence-corrected chi connectivity index (χ1v) is 26.5. The van der Waals surface area contributed by atoms with Crippen molar-refractivity contribution in [3.8, 4) is 11.4 Å². The van der Waals surface area contributed by atoms with Crippen LogP contribution in [-0.4, -0.2) is 15.8 Å². The monoisotopic (exact) mass is 946 g/mol. The highest BCUT2D eigenvalue weighted by molar-refractivity contribution is 7.26. The number of aromatic nitrogens is 2. The van der Waals surface area contributed by atoms with E-state index in [9.17, 15) is 0 Å². The summed E-state index contributed by atoms with van der Waals surface area (Å²) in [5.74, 6) is 0. The van der Waals surface area contributed by atoms with Crippen molar-refractivity contribution in [1.82, 2.24) is 9.13 Å². The van der Waals surface area contributed by atoms with E-state index in [0.717, 1.165) is 5.69 Å². The summed E-state index contributed by atoms with van der Waals surface area (Å²) in [6.07, 6.45) is 0. The van der Waals surface area contributed by atoms with E-state index < -0.39 is 0 Å². The lowest BCUT2D eigenvalue weighted by Gasteiger charge is -2.47. The molecule has 6 heteroatoms. The fourth-order valence-corrected chi connectivity index (χ4v) is 14.1. The molecule has 4 nitrogen and oxygen atoms in total. The molecule has 3 aliphatic rings. The van der Waals surface area contributed by atoms with Gasteiger partial charge in [-0.1, -0.05) is 153 Å². The summed E-state index contributed by atoms with van der Waals surface area (Å²) in [5.41, 5.74) is 22.7. The zero-order valence-corrected chi connectivity index (χ0v) is 43.3. The summed E-state index contributed by atoms with van der Waals surface area (Å²) in [4.78, 5) is 5.31. The number of fused-ring (bicyclic) bond motifs is 15. The molecule has 0 radical (unpaired) electrons. The van der Waals surface area contributed by atoms with Crippen molar-refractivity contribution < 1.29 is 0 Å². The maximum absolute atomic E-state index is 2.67. The third-order valence-electron chi connectivity index (χ3n) is 16.5. The molecule has 3 aliphatic heterocycles. The van der Waals surface area contributed by atoms with E-state index in [1.165, 1.54) is 137 Å². The van der Waals surface area contributed by atoms with Gasteiger partial charge in [0.05, 0.1) is 49.5 Å². The Balaban J connectivity index is 1.08. The minimum absolute atomic E-state index is 0.0110. The lowest BCUT2D eigenvalue weighted by atomic mass is 9.33. The van der Waals surface area contributed by atoms with Crippen LogP contribution in [-0.2, 0) is 16.2 Å². The Morgan fingerprint density at radius 2 is 0.958 bits per heavy atom. The number of hydrogen-bond donors (Lipinski definition) is 0. The van der Waals surface area contributed by atoms with Crippen molar-refractivity contribution in [2.45, 2.75) is 78.6 Å². The van der Waals surface area contributed by atoms with Crippen molar-refractivity contribution in [3.05, 3.63) is 187 Å². The molecule has 0 amide bonds. The molecule has 348 valence electrons. The number of anilines is 6. The van der Waals surface area contributed by atoms with Crippen molar-refractivity contribution >= 4 is 132 Å². The van der Waals surface area contributed by atoms with Gasteiger partial charge in [0.25, 0.3) is 6.71 Å². The fourth-order valence-electron chi connectivity index (χ4n) is 12.8. The molecule has 15 rings (SSSR count). The van der Waals surface area contributed by atoms with Crippen LogP contribution in [0.4, 0.5) is 34.1 Å². The number of thiophene rings is 1. The van der Waals surface area contributed by atoms with Gasteiger partial charge in [0.15, 0.2) is 0 Å². The van der Waals surface area contributed by atoms with Gasteiger partial charge in [-0.05, 0) is 128 Å². The Kier molecular flexibility index (Phi) is 8.27. The molecule has 9 aromatic carbocycles. The van der Waals surface area contributed by atoms with Crippen LogP contribution < -0.4 is 26.2 Å². The van der Waals surface area contributed by atoms with Crippen LogP contribution >= 0.6 is 11.3 Å². The van der Waals surface area contributed by atoms with Gasteiger partial charge in [0.2, 0.25) is 0 Å². The maximum Gasteiger partial charge on any atom is 0.252 e. The predicted octanol–water partition coefficient (Wildman–Crippen LogP) is 16.5. The molecule has 72 heavy (non-hydrogen) atoms. The molecule has 0 aliphatic carbocycles. The normalized spacial score (nSPS) is 14.1. The number of benzene rings is 9. The number of hydrogen-bond acceptors (Lipinski definition) is 3. The zero-order chi connectivity index (χ0) is 48.9. The predicted molar refractivity (Wildman–Crippen MR) is 312 cm³/mol. The Morgan fingerprint density at radius 3 is 1.67 bits per heavy atom. The first-order valence-electron chi connectivity index (χ1n) is 25.7. The molecule has 12 aromatic rings. The molecule has 0 atom stereocenters. The van der Waals surface area contributed by atoms with Gasteiger partial charge in [-0.15, -0.1) is 11.3 Å². The molecular formula is C66H55BN4S. The van der Waals surface area contributed by atoms with Gasteiger partial charge in [-0.3, -0.25) is 0 Å². The first kappa shape index (κ1) is 42.2. The van der Waals surface area contributed by atoms with Crippen LogP contribution in [0.1, 0.15) is 79.0 Å². The van der Waals surface area contributed by atoms with Gasteiger partial charge >= 0.3 is 0 Å². The summed E-state index contributed by atoms with van der Waals surface area (Å²) in [6.45, 7) is 21.1. The smallest absolute Gasteiger partial charge is 0.252 e. The van der Waals surface area contributed by atoms with Gasteiger partial charge in [-0.25, -0.2) is 0 Å². The van der Waals surface area contributed by atoms with Crippen molar-refractivity contribution in [2.75, 3.05) is 9.80 Å². The van der Waals surface area contributed by atoms with Gasteiger partial charge < -0.3 is 18.9 Å². The summed E-state index contributed by atoms with van der Waals surface area (Å²) in [6, 6.07) is 65.8. The van der Waals surface area contributed by atoms with Gasteiger partial charge in [0.1, 0.15) is 0 Å². The standard InChI is InChI=1S/C66H55BN4S/c1-64(2,3)38-27-31-51-46(33-38)47-34-39(65(4,5)6)28-32-52(47)68(51)41-29-30-48-56(37-41)69(55-25-15-20-45-43-18-11-13-26-59(43)72-63(45)55)57-35-40(66(7,8)9)36-58-60(57)67(48)49-21-16-24-54-62(49)71(58)53-23-14-19-44-42-17-10-12-22-50(42)70(54)61(44)53/h10-37H,1-9H3. The van der Waals surface area contributed by atoms with E-state index in [-0.39, 0.29) is 23.0 Å². The second-order valence-electron chi connectivity index (χ2n) is 23.8. The highest BCUT2D eigenvalue weighted by atomic mass is 32.1. The third kappa shape index (κ3) is 5.59. The molecule has 0 spiro atoms. The lowest BCUT2D eigenvalue weighted by Crippen LogP contribution is -2.62. The number of rotatable bonds is 2. The molecule has 0 saturated carbocycles. The highest BCUT2D eigenvalue weighted by Gasteiger charge is 2.47. The average Bonchev–Trinajstić information content (AvgIpc) is 4.03. The molecule has 0 fully saturated rings. The topological polar surface area (TPSA) is 16.3 Å². The Morgan fingerprint density at radius 1 is 0.375 bits per heavy atom. The van der Waals surface area contributed by atoms with Crippen molar-refractivity contribution in [2.24, 2.45) is 0 Å². The minimum Gasteiger partial charge on any atom is -0.310 e. The number of nitrogens with zero attached hydrogens (tertiary/aromatic N) is 4. The maximum atomic E-state index is 2.67. The van der Waals surface area contributed by atoms with Crippen molar-refractivity contribution in [1.29, 1.82) is 0 Å². The molecule has 0 saturated heterocycles. The van der Waals surface area contributed by atoms with Crippen LogP contribution in [0, 0.1) is 0 Å². The quantitative estimate of drug-likeness (QED) is 0.161. The fraction of sp³-hybridized carbons (Fsp3) is 0.182. The molecule has 0 unspecified atom stereocenters. The second kappa shape index (κ2) is 14.1. The summed E-state index contributed by atoms with van der Waals surface area (Å²) in [7, 11) is 0. The van der Waals surface area contributed by atoms with Gasteiger partial charge in [0, 0.05) is 59.8 Å². The molecule has 0 bridgehead atoms. The highest BCUT2D eigenvalue weighted by Crippen LogP contribution is 2.54. The van der Waals surface area contributed by atoms with E-state index in [1.54, 1.807) is 0 Å². The second-order valence-corrected chi connectivity index (χ2v) is 24.9. The molecular weight excluding hydrogens is 892 g/mol. The largest absolute Gasteiger partial charge is 0.310 e. The van der Waals surface area contributed by atoms with Crippen LogP contribution in [0.2, 0.25) is 0 Å². The summed E-state index contributed by atoms with van der Waals surface area (Å²) in [5, 5.41) is 7.77. The van der Waals surface area contributed by atoms with Crippen LogP contribution in [0.25, 0.3) is 75.2 Å². The van der Waals surface area contributed by atoms with Crippen LogP contribution in [0.15, 0.2) is 170 Å². The van der Waals surface area contributed by atoms with Gasteiger partial charge in [-0.2, -0.15) is 0 Å². The van der Waals surface area contributed by atoms with Crippen LogP contribution in [0.3, 0.4) is 0 Å². The SMILES string of the molecule is CC(C)(C)c1cc2c3c(c1)N1c4c(cccc4-n4c5ccccc5c5cccc1c54)B3c1ccc(-n3c4ccc(C(C)(C)C)cc4c4cc(C(C)(C)C)ccc43)cc1N2c1cccc2c1sc1ccccc12. The lowest BCUT2D eigenvalue weighted by molar-refractivity contribution is 0.590. The summed E-state index contributed by atoms with van der Waals surface area (Å²) < 4.78 is 7.70. The molecule has 3 aromatic heterocycles. The average molecular weight is 947 g/mol.